The molecule has 0 bridgehead atoms. The van der Waals surface area contributed by atoms with E-state index >= 15 is 0 Å². The molecule has 1 rings (SSSR count). The van der Waals surface area contributed by atoms with Crippen LogP contribution in [0.4, 0.5) is 0 Å². The number of nitrogens with zero attached hydrogens (tertiary/aromatic N) is 1. The largest absolute Gasteiger partial charge is 0.313 e. The van der Waals surface area contributed by atoms with E-state index in [1.165, 1.54) is 11.3 Å². The fourth-order valence-corrected chi connectivity index (χ4v) is 2.74. The van der Waals surface area contributed by atoms with Crippen molar-refractivity contribution < 1.29 is 8.42 Å². The highest BCUT2D eigenvalue weighted by Crippen LogP contribution is 2.07. The van der Waals surface area contributed by atoms with Crippen LogP contribution >= 0.6 is 11.3 Å². The van der Waals surface area contributed by atoms with Gasteiger partial charge in [0.1, 0.15) is 0 Å². The zero-order chi connectivity index (χ0) is 12.9. The summed E-state index contributed by atoms with van der Waals surface area (Å²) in [4.78, 5) is 4.20. The third-order valence-electron chi connectivity index (χ3n) is 2.06. The van der Waals surface area contributed by atoms with Crippen molar-refractivity contribution in [2.45, 2.75) is 33.4 Å². The van der Waals surface area contributed by atoms with Gasteiger partial charge in [-0.05, 0) is 6.92 Å². The van der Waals surface area contributed by atoms with Gasteiger partial charge in [0.2, 0.25) is 10.0 Å². The predicted octanol–water partition coefficient (Wildman–Crippen LogP) is 0.869. The number of hydrogen-bond acceptors (Lipinski definition) is 5. The quantitative estimate of drug-likeness (QED) is 0.776. The summed E-state index contributed by atoms with van der Waals surface area (Å²) in [7, 11) is -3.21. The maximum Gasteiger partial charge on any atom is 0.213 e. The van der Waals surface area contributed by atoms with Crippen molar-refractivity contribution in [2.75, 3.05) is 12.3 Å². The maximum absolute atomic E-state index is 11.6. The number of hydrogen-bond donors (Lipinski definition) is 2. The molecule has 0 spiro atoms. The van der Waals surface area contributed by atoms with Gasteiger partial charge in [0.05, 0.1) is 23.0 Å². The molecular weight excluding hydrogens is 258 g/mol. The molecule has 1 aromatic rings. The number of rotatable bonds is 7. The summed E-state index contributed by atoms with van der Waals surface area (Å²) in [6.45, 7) is 6.60. The second-order valence-corrected chi connectivity index (χ2v) is 7.10. The molecule has 0 radical (unpaired) electrons. The smallest absolute Gasteiger partial charge is 0.213 e. The average Bonchev–Trinajstić information content (AvgIpc) is 2.61. The lowest BCUT2D eigenvalue weighted by molar-refractivity contribution is 0.566. The van der Waals surface area contributed by atoms with Crippen LogP contribution in [0.1, 0.15) is 24.5 Å². The van der Waals surface area contributed by atoms with Crippen molar-refractivity contribution in [2.24, 2.45) is 0 Å². The van der Waals surface area contributed by atoms with E-state index in [0.29, 0.717) is 12.6 Å². The number of aromatic nitrogens is 1. The van der Waals surface area contributed by atoms with E-state index in [-0.39, 0.29) is 12.3 Å². The van der Waals surface area contributed by atoms with Crippen LogP contribution in [-0.4, -0.2) is 31.7 Å². The second kappa shape index (κ2) is 6.44. The number of sulfonamides is 1. The highest BCUT2D eigenvalue weighted by atomic mass is 32.2. The summed E-state index contributed by atoms with van der Waals surface area (Å²) in [5.74, 6) is 0.0916. The zero-order valence-electron chi connectivity index (χ0n) is 10.4. The normalized spacial score (nSPS) is 12.2. The van der Waals surface area contributed by atoms with Gasteiger partial charge in [-0.1, -0.05) is 13.8 Å². The molecule has 0 unspecified atom stereocenters. The third-order valence-corrected chi connectivity index (χ3v) is 4.21. The Labute approximate surface area is 107 Å². The van der Waals surface area contributed by atoms with Gasteiger partial charge in [-0.15, -0.1) is 11.3 Å². The second-order valence-electron chi connectivity index (χ2n) is 4.11. The molecule has 0 saturated heterocycles. The molecule has 0 atom stereocenters. The summed E-state index contributed by atoms with van der Waals surface area (Å²) in [6.07, 6.45) is 0. The Kier molecular flexibility index (Phi) is 5.51. The highest BCUT2D eigenvalue weighted by molar-refractivity contribution is 7.89. The van der Waals surface area contributed by atoms with E-state index in [9.17, 15) is 8.42 Å². The first-order valence-corrected chi connectivity index (χ1v) is 8.04. The topological polar surface area (TPSA) is 71.1 Å². The molecule has 1 heterocycles. The Morgan fingerprint density at radius 2 is 2.18 bits per heavy atom. The van der Waals surface area contributed by atoms with Crippen LogP contribution in [0.5, 0.6) is 0 Å². The van der Waals surface area contributed by atoms with Crippen molar-refractivity contribution in [3.63, 3.8) is 0 Å². The first-order chi connectivity index (χ1) is 7.89. The van der Waals surface area contributed by atoms with Crippen molar-refractivity contribution in [1.29, 1.82) is 0 Å². The van der Waals surface area contributed by atoms with Gasteiger partial charge < -0.3 is 5.32 Å². The van der Waals surface area contributed by atoms with Gasteiger partial charge >= 0.3 is 0 Å². The Morgan fingerprint density at radius 1 is 1.47 bits per heavy atom. The van der Waals surface area contributed by atoms with Gasteiger partial charge in [-0.25, -0.2) is 18.1 Å². The van der Waals surface area contributed by atoms with Crippen LogP contribution in [0, 0.1) is 6.92 Å². The molecule has 98 valence electrons. The molecule has 7 heteroatoms. The summed E-state index contributed by atoms with van der Waals surface area (Å²) in [5.41, 5.74) is 0.771. The Morgan fingerprint density at radius 3 is 2.71 bits per heavy atom. The van der Waals surface area contributed by atoms with Gasteiger partial charge in [-0.3, -0.25) is 0 Å². The van der Waals surface area contributed by atoms with Crippen molar-refractivity contribution in [3.8, 4) is 0 Å². The number of aryl methyl sites for hydroxylation is 1. The van der Waals surface area contributed by atoms with Crippen molar-refractivity contribution >= 4 is 21.4 Å². The Bertz CT molecular complexity index is 440. The van der Waals surface area contributed by atoms with Crippen molar-refractivity contribution in [1.82, 2.24) is 15.0 Å². The fraction of sp³-hybridized carbons (Fsp3) is 0.700. The highest BCUT2D eigenvalue weighted by Gasteiger charge is 2.10. The Balaban J connectivity index is 2.34. The first kappa shape index (κ1) is 14.6. The number of thiazole rings is 1. The van der Waals surface area contributed by atoms with Crippen LogP contribution in [-0.2, 0) is 16.6 Å². The van der Waals surface area contributed by atoms with E-state index in [0.717, 1.165) is 10.7 Å². The van der Waals surface area contributed by atoms with Crippen LogP contribution in [0.3, 0.4) is 0 Å². The molecule has 0 aromatic carbocycles. The summed E-state index contributed by atoms with van der Waals surface area (Å²) in [6, 6.07) is 0.298. The minimum absolute atomic E-state index is 0.0916. The van der Waals surface area contributed by atoms with Gasteiger partial charge in [-0.2, -0.15) is 0 Å². The minimum Gasteiger partial charge on any atom is -0.313 e. The SMILES string of the molecule is Cc1nc(CNS(=O)(=O)CCNC(C)C)cs1. The van der Waals surface area contributed by atoms with E-state index < -0.39 is 10.0 Å². The molecule has 1 aromatic heterocycles. The third kappa shape index (κ3) is 6.11. The lowest BCUT2D eigenvalue weighted by Gasteiger charge is -2.08. The number of nitrogens with one attached hydrogen (secondary N) is 2. The lowest BCUT2D eigenvalue weighted by atomic mass is 10.4. The summed E-state index contributed by atoms with van der Waals surface area (Å²) < 4.78 is 25.8. The van der Waals surface area contributed by atoms with Crippen LogP contribution < -0.4 is 10.0 Å². The molecule has 17 heavy (non-hydrogen) atoms. The van der Waals surface area contributed by atoms with Crippen molar-refractivity contribution in [3.05, 3.63) is 16.1 Å². The zero-order valence-corrected chi connectivity index (χ0v) is 12.0. The molecule has 2 N–H and O–H groups in total. The van der Waals surface area contributed by atoms with Crippen LogP contribution in [0.25, 0.3) is 0 Å². The average molecular weight is 277 g/mol. The molecule has 0 saturated carbocycles. The van der Waals surface area contributed by atoms with E-state index in [1.54, 1.807) is 0 Å². The van der Waals surface area contributed by atoms with Gasteiger partial charge in [0.25, 0.3) is 0 Å². The summed E-state index contributed by atoms with van der Waals surface area (Å²) >= 11 is 1.52. The van der Waals surface area contributed by atoms with Crippen LogP contribution in [0.15, 0.2) is 5.38 Å². The summed E-state index contributed by atoms with van der Waals surface area (Å²) in [5, 5.41) is 5.88. The van der Waals surface area contributed by atoms with Crippen LogP contribution in [0.2, 0.25) is 0 Å². The molecule has 0 fully saturated rings. The molecule has 0 amide bonds. The molecule has 0 aliphatic rings. The molecule has 0 aliphatic heterocycles. The van der Waals surface area contributed by atoms with Gasteiger partial charge in [0.15, 0.2) is 0 Å². The lowest BCUT2D eigenvalue weighted by Crippen LogP contribution is -2.34. The van der Waals surface area contributed by atoms with Gasteiger partial charge in [0, 0.05) is 18.0 Å². The van der Waals surface area contributed by atoms with E-state index in [4.69, 9.17) is 0 Å². The predicted molar refractivity (Wildman–Crippen MR) is 70.6 cm³/mol. The Hall–Kier alpha value is -0.500. The molecule has 0 aliphatic carbocycles. The standard InChI is InChI=1S/C10H19N3O2S2/c1-8(2)11-4-5-17(14,15)12-6-10-7-16-9(3)13-10/h7-8,11-12H,4-6H2,1-3H3. The molecule has 5 nitrogen and oxygen atoms in total. The first-order valence-electron chi connectivity index (χ1n) is 5.51. The van der Waals surface area contributed by atoms with E-state index in [2.05, 4.69) is 15.0 Å². The monoisotopic (exact) mass is 277 g/mol. The maximum atomic E-state index is 11.6. The van der Waals surface area contributed by atoms with E-state index in [1.807, 2.05) is 26.2 Å². The molecular formula is C10H19N3O2S2. The minimum atomic E-state index is -3.21. The fourth-order valence-electron chi connectivity index (χ4n) is 1.23.